The number of carbonyl (C=O) groups excluding carboxylic acids is 2. The van der Waals surface area contributed by atoms with Crippen LogP contribution in [0.2, 0.25) is 0 Å². The number of nitriles is 1. The van der Waals surface area contributed by atoms with E-state index in [1.807, 2.05) is 6.07 Å². The van der Waals surface area contributed by atoms with Crippen LogP contribution < -0.4 is 10.6 Å². The second kappa shape index (κ2) is 9.11. The number of hydrogen-bond acceptors (Lipinski definition) is 8. The van der Waals surface area contributed by atoms with Crippen molar-refractivity contribution in [1.82, 2.24) is 0 Å². The Bertz CT molecular complexity index is 1180. The highest BCUT2D eigenvalue weighted by Crippen LogP contribution is 2.46. The molecule has 32 heavy (non-hydrogen) atoms. The van der Waals surface area contributed by atoms with Gasteiger partial charge >= 0.3 is 11.9 Å². The summed E-state index contributed by atoms with van der Waals surface area (Å²) in [4.78, 5) is 26.6. The second-order valence-corrected chi connectivity index (χ2v) is 7.51. The number of allylic oxidation sites excluding steroid dienone is 1. The highest BCUT2D eigenvalue weighted by Gasteiger charge is 2.44. The topological polar surface area (TPSA) is 126 Å². The van der Waals surface area contributed by atoms with Crippen molar-refractivity contribution in [3.05, 3.63) is 81.0 Å². The molecule has 8 nitrogen and oxygen atoms in total. The van der Waals surface area contributed by atoms with E-state index in [-0.39, 0.29) is 21.4 Å². The maximum absolute atomic E-state index is 15.0. The van der Waals surface area contributed by atoms with Crippen molar-refractivity contribution in [2.75, 3.05) is 19.1 Å². The summed E-state index contributed by atoms with van der Waals surface area (Å²) in [6.45, 7) is 0. The molecule has 0 amide bonds. The molecule has 1 unspecified atom stereocenters. The summed E-state index contributed by atoms with van der Waals surface area (Å²) in [7, 11) is 2.17. The van der Waals surface area contributed by atoms with Gasteiger partial charge in [0.25, 0.3) is 0 Å². The summed E-state index contributed by atoms with van der Waals surface area (Å²) < 4.78 is 24.9. The van der Waals surface area contributed by atoms with Crippen molar-refractivity contribution in [1.29, 1.82) is 5.26 Å². The molecule has 1 heterocycles. The van der Waals surface area contributed by atoms with Crippen LogP contribution in [0.3, 0.4) is 0 Å². The minimum Gasteiger partial charge on any atom is -0.506 e. The van der Waals surface area contributed by atoms with Crippen molar-refractivity contribution >= 4 is 33.6 Å². The van der Waals surface area contributed by atoms with Crippen molar-refractivity contribution in [2.24, 2.45) is 5.73 Å². The molecule has 0 bridgehead atoms. The lowest BCUT2D eigenvalue weighted by molar-refractivity contribution is -0.139. The number of ether oxygens (including phenoxy) is 2. The van der Waals surface area contributed by atoms with E-state index in [0.717, 1.165) is 25.2 Å². The Hall–Kier alpha value is -3.84. The van der Waals surface area contributed by atoms with Gasteiger partial charge in [-0.25, -0.2) is 14.0 Å². The molecule has 0 fully saturated rings. The fraction of sp³-hybridized carbons (Fsp3) is 0.136. The Morgan fingerprint density at radius 3 is 2.34 bits per heavy atom. The van der Waals surface area contributed by atoms with Crippen molar-refractivity contribution in [2.45, 2.75) is 5.92 Å². The molecule has 0 radical (unpaired) electrons. The number of phenols is 1. The molecule has 3 rings (SSSR count). The van der Waals surface area contributed by atoms with Gasteiger partial charge in [0.2, 0.25) is 0 Å². The zero-order chi connectivity index (χ0) is 23.6. The van der Waals surface area contributed by atoms with E-state index in [4.69, 9.17) is 15.2 Å². The Kier molecular flexibility index (Phi) is 6.50. The zero-order valence-corrected chi connectivity index (χ0v) is 18.5. The second-order valence-electron chi connectivity index (χ2n) is 6.59. The first-order valence-corrected chi connectivity index (χ1v) is 9.89. The number of nitrogens with two attached hydrogens (primary N) is 1. The summed E-state index contributed by atoms with van der Waals surface area (Å²) >= 11 is 3.06. The Labute approximate surface area is 191 Å². The standard InChI is InChI=1S/C22H17BrFN3O5/c1-31-21(29)17-16(11-6-4-3-5-7-11)13(10-25)20(26)27(19(17)22(30)32-2)18-14(24)8-12(23)9-15(18)28/h3-9,16,28H,26H2,1-2H3. The molecule has 2 aromatic rings. The fourth-order valence-electron chi connectivity index (χ4n) is 3.52. The zero-order valence-electron chi connectivity index (χ0n) is 16.9. The van der Waals surface area contributed by atoms with Gasteiger partial charge in [0, 0.05) is 4.47 Å². The average Bonchev–Trinajstić information content (AvgIpc) is 2.78. The van der Waals surface area contributed by atoms with E-state index in [9.17, 15) is 24.3 Å². The molecular weight excluding hydrogens is 485 g/mol. The first kappa shape index (κ1) is 22.8. The van der Waals surface area contributed by atoms with Crippen LogP contribution in [0.25, 0.3) is 0 Å². The van der Waals surface area contributed by atoms with Gasteiger partial charge in [-0.2, -0.15) is 5.26 Å². The monoisotopic (exact) mass is 501 g/mol. The lowest BCUT2D eigenvalue weighted by Crippen LogP contribution is -2.41. The number of methoxy groups -OCH3 is 2. The molecule has 3 N–H and O–H groups in total. The van der Waals surface area contributed by atoms with Crippen LogP contribution in [0.15, 0.2) is 69.6 Å². The smallest absolute Gasteiger partial charge is 0.355 e. The molecule has 0 aliphatic carbocycles. The Morgan fingerprint density at radius 2 is 1.81 bits per heavy atom. The van der Waals surface area contributed by atoms with Gasteiger partial charge in [-0.1, -0.05) is 46.3 Å². The fourth-order valence-corrected chi connectivity index (χ4v) is 3.94. The van der Waals surface area contributed by atoms with Crippen LogP contribution in [0.4, 0.5) is 10.1 Å². The van der Waals surface area contributed by atoms with Crippen LogP contribution in [0, 0.1) is 17.1 Å². The number of esters is 2. The summed E-state index contributed by atoms with van der Waals surface area (Å²) in [5.41, 5.74) is 5.26. The summed E-state index contributed by atoms with van der Waals surface area (Å²) in [6.07, 6.45) is 0. The van der Waals surface area contributed by atoms with Gasteiger partial charge in [-0.3, -0.25) is 4.90 Å². The highest BCUT2D eigenvalue weighted by atomic mass is 79.9. The molecule has 10 heteroatoms. The molecule has 0 aromatic heterocycles. The molecule has 1 aliphatic rings. The van der Waals surface area contributed by atoms with Gasteiger partial charge in [0.05, 0.1) is 37.4 Å². The minimum absolute atomic E-state index is 0.147. The van der Waals surface area contributed by atoms with E-state index in [1.54, 1.807) is 30.3 Å². The molecule has 1 atom stereocenters. The maximum atomic E-state index is 15.0. The number of anilines is 1. The molecule has 0 saturated heterocycles. The quantitative estimate of drug-likeness (QED) is 0.611. The third-order valence-electron chi connectivity index (χ3n) is 4.84. The predicted octanol–water partition coefficient (Wildman–Crippen LogP) is 3.19. The number of phenolic OH excluding ortho intramolecular Hbond substituents is 1. The van der Waals surface area contributed by atoms with Gasteiger partial charge in [-0.15, -0.1) is 0 Å². The molecule has 0 saturated carbocycles. The number of benzene rings is 2. The lowest BCUT2D eigenvalue weighted by atomic mass is 9.81. The van der Waals surface area contributed by atoms with E-state index < -0.39 is 40.8 Å². The molecule has 1 aliphatic heterocycles. The van der Waals surface area contributed by atoms with Gasteiger partial charge < -0.3 is 20.3 Å². The molecule has 164 valence electrons. The SMILES string of the molecule is COC(=O)C1=C(C(=O)OC)N(c2c(O)cc(Br)cc2F)C(N)=C(C#N)C1c1ccccc1. The maximum Gasteiger partial charge on any atom is 0.355 e. The highest BCUT2D eigenvalue weighted by molar-refractivity contribution is 9.10. The summed E-state index contributed by atoms with van der Waals surface area (Å²) in [6, 6.07) is 12.5. The number of nitrogens with zero attached hydrogens (tertiary/aromatic N) is 2. The number of aromatic hydroxyl groups is 1. The van der Waals surface area contributed by atoms with Crippen LogP contribution >= 0.6 is 15.9 Å². The van der Waals surface area contributed by atoms with E-state index in [0.29, 0.717) is 5.56 Å². The van der Waals surface area contributed by atoms with E-state index >= 15 is 0 Å². The van der Waals surface area contributed by atoms with Crippen LogP contribution in [-0.2, 0) is 19.1 Å². The van der Waals surface area contributed by atoms with Crippen molar-refractivity contribution < 1.29 is 28.6 Å². The summed E-state index contributed by atoms with van der Waals surface area (Å²) in [5, 5.41) is 20.4. The average molecular weight is 502 g/mol. The molecule has 2 aromatic carbocycles. The van der Waals surface area contributed by atoms with Crippen LogP contribution in [0.5, 0.6) is 5.75 Å². The number of rotatable bonds is 4. The molecular formula is C22H17BrFN3O5. The first-order chi connectivity index (χ1) is 15.3. The van der Waals surface area contributed by atoms with E-state index in [2.05, 4.69) is 15.9 Å². The third kappa shape index (κ3) is 3.78. The Morgan fingerprint density at radius 1 is 1.19 bits per heavy atom. The van der Waals surface area contributed by atoms with E-state index in [1.165, 1.54) is 6.07 Å². The van der Waals surface area contributed by atoms with Crippen LogP contribution in [-0.4, -0.2) is 31.3 Å². The Balaban J connectivity index is 2.48. The normalized spacial score (nSPS) is 16.0. The summed E-state index contributed by atoms with van der Waals surface area (Å²) in [5.74, 6) is -5.03. The van der Waals surface area contributed by atoms with Crippen molar-refractivity contribution in [3.8, 4) is 11.8 Å². The minimum atomic E-state index is -1.10. The predicted molar refractivity (Wildman–Crippen MR) is 115 cm³/mol. The largest absolute Gasteiger partial charge is 0.506 e. The third-order valence-corrected chi connectivity index (χ3v) is 5.30. The first-order valence-electron chi connectivity index (χ1n) is 9.10. The van der Waals surface area contributed by atoms with Crippen molar-refractivity contribution in [3.63, 3.8) is 0 Å². The van der Waals surface area contributed by atoms with Gasteiger partial charge in [0.1, 0.15) is 23.0 Å². The van der Waals surface area contributed by atoms with Gasteiger partial charge in [-0.05, 0) is 17.7 Å². The number of hydrogen-bond donors (Lipinski definition) is 2. The van der Waals surface area contributed by atoms with Crippen LogP contribution in [0.1, 0.15) is 11.5 Å². The van der Waals surface area contributed by atoms with Gasteiger partial charge in [0.15, 0.2) is 5.82 Å². The number of carbonyl (C=O) groups is 2. The molecule has 0 spiro atoms. The lowest BCUT2D eigenvalue weighted by Gasteiger charge is -2.36. The number of halogens is 2.